The number of anilines is 2. The minimum absolute atomic E-state index is 0.105. The lowest BCUT2D eigenvalue weighted by atomic mass is 9.96. The van der Waals surface area contributed by atoms with E-state index in [1.165, 1.54) is 0 Å². The Morgan fingerprint density at radius 1 is 1.23 bits per heavy atom. The predicted octanol–water partition coefficient (Wildman–Crippen LogP) is 3.80. The van der Waals surface area contributed by atoms with E-state index in [0.717, 1.165) is 58.2 Å². The SMILES string of the molecule is CCn1ncc2c(Nc3ccccc3)c(C3=NOC4(CSC4)C3)cnc21. The average Bonchev–Trinajstić information content (AvgIpc) is 3.27. The smallest absolute Gasteiger partial charge is 0.161 e. The molecular weight excluding hydrogens is 346 g/mol. The quantitative estimate of drug-likeness (QED) is 0.762. The lowest BCUT2D eigenvalue weighted by molar-refractivity contribution is 0.0112. The first-order valence-electron chi connectivity index (χ1n) is 8.78. The molecule has 0 unspecified atom stereocenters. The lowest BCUT2D eigenvalue weighted by Gasteiger charge is -2.34. The van der Waals surface area contributed by atoms with E-state index in [9.17, 15) is 0 Å². The molecule has 2 aliphatic rings. The second-order valence-electron chi connectivity index (χ2n) is 6.72. The van der Waals surface area contributed by atoms with Crippen molar-refractivity contribution < 1.29 is 4.84 Å². The molecule has 3 aromatic rings. The second-order valence-corrected chi connectivity index (χ2v) is 7.70. The van der Waals surface area contributed by atoms with E-state index < -0.39 is 0 Å². The molecule has 4 heterocycles. The number of fused-ring (bicyclic) bond motifs is 1. The van der Waals surface area contributed by atoms with Crippen LogP contribution in [0.5, 0.6) is 0 Å². The predicted molar refractivity (Wildman–Crippen MR) is 105 cm³/mol. The molecule has 1 spiro atoms. The molecule has 26 heavy (non-hydrogen) atoms. The van der Waals surface area contributed by atoms with Crippen LogP contribution < -0.4 is 5.32 Å². The Bertz CT molecular complexity index is 994. The molecule has 6 nitrogen and oxygen atoms in total. The van der Waals surface area contributed by atoms with Gasteiger partial charge in [0.1, 0.15) is 0 Å². The number of pyridine rings is 1. The largest absolute Gasteiger partial charge is 0.387 e. The minimum Gasteiger partial charge on any atom is -0.387 e. The Morgan fingerprint density at radius 2 is 2.08 bits per heavy atom. The standard InChI is InChI=1S/C19H19N5OS/c1-2-24-18-15(10-21-24)17(22-13-6-4-3-5-7-13)14(9-20-18)16-8-19(25-23-16)11-26-12-19/h3-7,9-10H,2,8,11-12H2,1H3,(H,20,22). The molecule has 1 N–H and O–H groups in total. The van der Waals surface area contributed by atoms with Gasteiger partial charge in [-0.3, -0.25) is 0 Å². The maximum atomic E-state index is 5.78. The Kier molecular flexibility index (Phi) is 3.63. The van der Waals surface area contributed by atoms with Gasteiger partial charge in [0.25, 0.3) is 0 Å². The van der Waals surface area contributed by atoms with Crippen LogP contribution in [0.1, 0.15) is 18.9 Å². The van der Waals surface area contributed by atoms with Gasteiger partial charge in [0, 0.05) is 41.9 Å². The molecule has 2 aromatic heterocycles. The minimum atomic E-state index is -0.105. The maximum Gasteiger partial charge on any atom is 0.161 e. The van der Waals surface area contributed by atoms with Crippen molar-refractivity contribution in [1.29, 1.82) is 0 Å². The van der Waals surface area contributed by atoms with Gasteiger partial charge in [-0.15, -0.1) is 0 Å². The van der Waals surface area contributed by atoms with Gasteiger partial charge in [-0.1, -0.05) is 23.4 Å². The zero-order valence-corrected chi connectivity index (χ0v) is 15.3. The number of hydrogen-bond donors (Lipinski definition) is 1. The van der Waals surface area contributed by atoms with Crippen molar-refractivity contribution >= 4 is 39.9 Å². The average molecular weight is 365 g/mol. The number of hydrogen-bond acceptors (Lipinski definition) is 6. The summed E-state index contributed by atoms with van der Waals surface area (Å²) in [5, 5.41) is 13.5. The number of oxime groups is 1. The van der Waals surface area contributed by atoms with Crippen LogP contribution >= 0.6 is 11.8 Å². The van der Waals surface area contributed by atoms with Gasteiger partial charge < -0.3 is 10.2 Å². The number of aryl methyl sites for hydroxylation is 1. The van der Waals surface area contributed by atoms with Crippen molar-refractivity contribution in [2.75, 3.05) is 16.8 Å². The second kappa shape index (κ2) is 6.02. The molecule has 0 radical (unpaired) electrons. The molecule has 2 aliphatic heterocycles. The van der Waals surface area contributed by atoms with Crippen LogP contribution in [-0.2, 0) is 11.4 Å². The Labute approximate surface area is 155 Å². The number of thioether (sulfide) groups is 1. The first-order valence-corrected chi connectivity index (χ1v) is 9.93. The van der Waals surface area contributed by atoms with Crippen LogP contribution in [0.4, 0.5) is 11.4 Å². The Hall–Kier alpha value is -2.54. The Balaban J connectivity index is 1.61. The summed E-state index contributed by atoms with van der Waals surface area (Å²) in [6.45, 7) is 2.85. The Morgan fingerprint density at radius 3 is 2.77 bits per heavy atom. The fourth-order valence-corrected chi connectivity index (χ4v) is 4.40. The van der Waals surface area contributed by atoms with Crippen molar-refractivity contribution in [2.24, 2.45) is 5.16 Å². The van der Waals surface area contributed by atoms with Crippen LogP contribution in [0.15, 0.2) is 47.9 Å². The van der Waals surface area contributed by atoms with E-state index in [2.05, 4.69) is 39.6 Å². The van der Waals surface area contributed by atoms with Gasteiger partial charge in [0.2, 0.25) is 0 Å². The van der Waals surface area contributed by atoms with Gasteiger partial charge in [0.05, 0.1) is 23.0 Å². The van der Waals surface area contributed by atoms with Gasteiger partial charge >= 0.3 is 0 Å². The van der Waals surface area contributed by atoms with Crippen molar-refractivity contribution in [3.05, 3.63) is 48.3 Å². The number of aromatic nitrogens is 3. The third-order valence-corrected chi connectivity index (χ3v) is 6.35. The molecule has 0 aliphatic carbocycles. The third kappa shape index (κ3) is 2.46. The van der Waals surface area contributed by atoms with Gasteiger partial charge in [-0.2, -0.15) is 16.9 Å². The number of rotatable bonds is 4. The van der Waals surface area contributed by atoms with Crippen LogP contribution in [0, 0.1) is 0 Å². The highest BCUT2D eigenvalue weighted by molar-refractivity contribution is 8.00. The van der Waals surface area contributed by atoms with E-state index in [1.807, 2.05) is 47.0 Å². The molecule has 0 atom stereocenters. The van der Waals surface area contributed by atoms with Gasteiger partial charge in [0.15, 0.2) is 11.2 Å². The number of para-hydroxylation sites is 1. The number of nitrogens with one attached hydrogen (secondary N) is 1. The topological polar surface area (TPSA) is 64.3 Å². The van der Waals surface area contributed by atoms with Crippen molar-refractivity contribution in [1.82, 2.24) is 14.8 Å². The highest BCUT2D eigenvalue weighted by Crippen LogP contribution is 2.42. The number of nitrogens with zero attached hydrogens (tertiary/aromatic N) is 4. The molecule has 132 valence electrons. The summed E-state index contributed by atoms with van der Waals surface area (Å²) in [6.07, 6.45) is 4.61. The van der Waals surface area contributed by atoms with Crippen molar-refractivity contribution in [2.45, 2.75) is 25.5 Å². The first kappa shape index (κ1) is 15.7. The summed E-state index contributed by atoms with van der Waals surface area (Å²) in [4.78, 5) is 10.4. The summed E-state index contributed by atoms with van der Waals surface area (Å²) in [5.41, 5.74) is 4.74. The molecule has 7 heteroatoms. The first-order chi connectivity index (χ1) is 12.8. The fourth-order valence-electron chi connectivity index (χ4n) is 3.43. The van der Waals surface area contributed by atoms with Gasteiger partial charge in [-0.05, 0) is 19.1 Å². The molecule has 1 saturated heterocycles. The summed E-state index contributed by atoms with van der Waals surface area (Å²) in [5.74, 6) is 2.01. The third-order valence-electron chi connectivity index (χ3n) is 4.89. The summed E-state index contributed by atoms with van der Waals surface area (Å²) < 4.78 is 1.91. The van der Waals surface area contributed by atoms with Crippen molar-refractivity contribution in [3.8, 4) is 0 Å². The van der Waals surface area contributed by atoms with E-state index in [0.29, 0.717) is 0 Å². The summed E-state index contributed by atoms with van der Waals surface area (Å²) >= 11 is 1.90. The zero-order chi connectivity index (χ0) is 17.6. The summed E-state index contributed by atoms with van der Waals surface area (Å²) in [7, 11) is 0. The monoisotopic (exact) mass is 365 g/mol. The normalized spacial score (nSPS) is 17.8. The highest BCUT2D eigenvalue weighted by atomic mass is 32.2. The fraction of sp³-hybridized carbons (Fsp3) is 0.316. The molecule has 1 aromatic carbocycles. The van der Waals surface area contributed by atoms with E-state index in [-0.39, 0.29) is 5.60 Å². The molecule has 0 bridgehead atoms. The van der Waals surface area contributed by atoms with E-state index in [1.54, 1.807) is 0 Å². The number of benzene rings is 1. The van der Waals surface area contributed by atoms with Crippen LogP contribution in [0.2, 0.25) is 0 Å². The highest BCUT2D eigenvalue weighted by Gasteiger charge is 2.46. The van der Waals surface area contributed by atoms with Crippen molar-refractivity contribution in [3.63, 3.8) is 0 Å². The lowest BCUT2D eigenvalue weighted by Crippen LogP contribution is -2.43. The van der Waals surface area contributed by atoms with E-state index >= 15 is 0 Å². The molecule has 0 amide bonds. The zero-order valence-electron chi connectivity index (χ0n) is 14.5. The molecule has 1 fully saturated rings. The van der Waals surface area contributed by atoms with Crippen LogP contribution in [-0.4, -0.2) is 37.6 Å². The summed E-state index contributed by atoms with van der Waals surface area (Å²) in [6, 6.07) is 10.2. The molecular formula is C19H19N5OS. The van der Waals surface area contributed by atoms with Gasteiger partial charge in [-0.25, -0.2) is 9.67 Å². The molecule has 5 rings (SSSR count). The maximum absolute atomic E-state index is 5.78. The van der Waals surface area contributed by atoms with E-state index in [4.69, 9.17) is 4.84 Å². The van der Waals surface area contributed by atoms with Crippen LogP contribution in [0.3, 0.4) is 0 Å². The van der Waals surface area contributed by atoms with Crippen LogP contribution in [0.25, 0.3) is 11.0 Å². The molecule has 0 saturated carbocycles.